The van der Waals surface area contributed by atoms with Crippen molar-refractivity contribution in [3.63, 3.8) is 0 Å². The lowest BCUT2D eigenvalue weighted by Crippen LogP contribution is -2.53. The van der Waals surface area contributed by atoms with E-state index in [2.05, 4.69) is 44.0 Å². The van der Waals surface area contributed by atoms with Crippen LogP contribution >= 0.6 is 11.3 Å². The Morgan fingerprint density at radius 2 is 2.17 bits per heavy atom. The number of nitrogens with zero attached hydrogens (tertiary/aromatic N) is 5. The minimum atomic E-state index is 0.0497. The number of thiophene rings is 1. The van der Waals surface area contributed by atoms with Crippen LogP contribution in [0, 0.1) is 0 Å². The third-order valence-corrected chi connectivity index (χ3v) is 5.00. The van der Waals surface area contributed by atoms with Crippen LogP contribution in [0.5, 0.6) is 0 Å². The minimum Gasteiger partial charge on any atom is -0.335 e. The number of aromatic nitrogens is 3. The third kappa shape index (κ3) is 4.78. The molecule has 0 radical (unpaired) electrons. The van der Waals surface area contributed by atoms with Gasteiger partial charge in [0.25, 0.3) is 0 Å². The van der Waals surface area contributed by atoms with E-state index in [1.807, 2.05) is 9.58 Å². The van der Waals surface area contributed by atoms with Crippen molar-refractivity contribution in [3.05, 3.63) is 35.0 Å². The number of amides is 2. The van der Waals surface area contributed by atoms with Gasteiger partial charge < -0.3 is 10.2 Å². The maximum atomic E-state index is 12.4. The van der Waals surface area contributed by atoms with Crippen LogP contribution in [-0.4, -0.2) is 69.4 Å². The van der Waals surface area contributed by atoms with Crippen LogP contribution in [0.25, 0.3) is 0 Å². The number of nitrogens with one attached hydrogen (secondary N) is 1. The summed E-state index contributed by atoms with van der Waals surface area (Å²) in [7, 11) is 0. The van der Waals surface area contributed by atoms with Crippen LogP contribution in [0.2, 0.25) is 0 Å². The Hall–Kier alpha value is -1.93. The molecule has 1 aliphatic rings. The number of piperazine rings is 1. The second-order valence-electron chi connectivity index (χ2n) is 6.17. The number of carbonyl (C=O) groups is 1. The average Bonchev–Trinajstić information content (AvgIpc) is 3.27. The normalized spacial score (nSPS) is 17.0. The topological polar surface area (TPSA) is 66.3 Å². The second kappa shape index (κ2) is 8.25. The van der Waals surface area contributed by atoms with E-state index in [9.17, 15) is 4.79 Å². The highest BCUT2D eigenvalue weighted by Gasteiger charge is 2.21. The molecule has 3 heterocycles. The first kappa shape index (κ1) is 16.9. The molecule has 1 fully saturated rings. The fourth-order valence-corrected chi connectivity index (χ4v) is 3.56. The summed E-state index contributed by atoms with van der Waals surface area (Å²) in [5.41, 5.74) is 1.28. The smallest absolute Gasteiger partial charge is 0.317 e. The van der Waals surface area contributed by atoms with Gasteiger partial charge in [-0.15, -0.1) is 0 Å². The van der Waals surface area contributed by atoms with Gasteiger partial charge in [-0.3, -0.25) is 9.58 Å². The summed E-state index contributed by atoms with van der Waals surface area (Å²) < 4.78 is 1.84. The molecule has 8 heteroatoms. The molecule has 0 spiro atoms. The molecule has 2 amide bonds. The van der Waals surface area contributed by atoms with Crippen molar-refractivity contribution in [2.24, 2.45) is 0 Å². The van der Waals surface area contributed by atoms with E-state index in [0.717, 1.165) is 45.7 Å². The van der Waals surface area contributed by atoms with Gasteiger partial charge in [-0.05, 0) is 35.7 Å². The molecule has 0 unspecified atom stereocenters. The van der Waals surface area contributed by atoms with Gasteiger partial charge in [0.05, 0.1) is 6.54 Å². The van der Waals surface area contributed by atoms with Crippen LogP contribution in [0.3, 0.4) is 0 Å². The molecular weight excluding hydrogens is 324 g/mol. The Labute approximate surface area is 146 Å². The second-order valence-corrected chi connectivity index (χ2v) is 6.95. The van der Waals surface area contributed by atoms with Gasteiger partial charge in [-0.1, -0.05) is 0 Å². The average molecular weight is 348 g/mol. The maximum Gasteiger partial charge on any atom is 0.317 e. The van der Waals surface area contributed by atoms with E-state index in [-0.39, 0.29) is 12.1 Å². The van der Waals surface area contributed by atoms with Crippen molar-refractivity contribution in [2.75, 3.05) is 32.7 Å². The van der Waals surface area contributed by atoms with Gasteiger partial charge in [0, 0.05) is 38.8 Å². The molecule has 0 bridgehead atoms. The molecule has 1 saturated heterocycles. The van der Waals surface area contributed by atoms with Gasteiger partial charge in [0.1, 0.15) is 12.7 Å². The monoisotopic (exact) mass is 348 g/mol. The molecule has 0 aromatic carbocycles. The summed E-state index contributed by atoms with van der Waals surface area (Å²) in [6.45, 7) is 7.19. The van der Waals surface area contributed by atoms with Crippen molar-refractivity contribution in [2.45, 2.75) is 25.9 Å². The fourth-order valence-electron chi connectivity index (χ4n) is 2.88. The molecule has 7 nitrogen and oxygen atoms in total. The Kier molecular flexibility index (Phi) is 5.81. The van der Waals surface area contributed by atoms with E-state index in [1.165, 1.54) is 5.56 Å². The first-order valence-corrected chi connectivity index (χ1v) is 9.26. The third-order valence-electron chi connectivity index (χ3n) is 4.26. The lowest BCUT2D eigenvalue weighted by molar-refractivity contribution is 0.134. The largest absolute Gasteiger partial charge is 0.335 e. The number of rotatable bonds is 6. The molecule has 130 valence electrons. The standard InChI is InChI=1S/C16H24N6OS/c1-14(10-15-2-9-24-11-15)19-16(23)21-6-3-20(4-7-21)5-8-22-13-17-12-18-22/h2,9,11-14H,3-8,10H2,1H3,(H,19,23)/t14-/m0/s1. The zero-order valence-corrected chi connectivity index (χ0v) is 14.8. The predicted molar refractivity (Wildman–Crippen MR) is 94.1 cm³/mol. The summed E-state index contributed by atoms with van der Waals surface area (Å²) in [5, 5.41) is 11.4. The van der Waals surface area contributed by atoms with Gasteiger partial charge >= 0.3 is 6.03 Å². The van der Waals surface area contributed by atoms with Crippen molar-refractivity contribution < 1.29 is 4.79 Å². The molecular formula is C16H24N6OS. The van der Waals surface area contributed by atoms with Crippen LogP contribution in [0.4, 0.5) is 4.79 Å². The first-order chi connectivity index (χ1) is 11.7. The lowest BCUT2D eigenvalue weighted by atomic mass is 10.1. The molecule has 1 atom stereocenters. The molecule has 2 aromatic heterocycles. The molecule has 1 N–H and O–H groups in total. The highest BCUT2D eigenvalue weighted by molar-refractivity contribution is 7.07. The number of carbonyl (C=O) groups excluding carboxylic acids is 1. The van der Waals surface area contributed by atoms with E-state index in [0.29, 0.717) is 0 Å². The Morgan fingerprint density at radius 1 is 1.33 bits per heavy atom. The van der Waals surface area contributed by atoms with Gasteiger partial charge in [-0.25, -0.2) is 9.78 Å². The molecule has 2 aromatic rings. The summed E-state index contributed by atoms with van der Waals surface area (Å²) in [6.07, 6.45) is 4.17. The predicted octanol–water partition coefficient (Wildman–Crippen LogP) is 1.30. The van der Waals surface area contributed by atoms with Crippen LogP contribution in [0.1, 0.15) is 12.5 Å². The molecule has 1 aliphatic heterocycles. The van der Waals surface area contributed by atoms with Crippen molar-refractivity contribution in [3.8, 4) is 0 Å². The molecule has 0 saturated carbocycles. The Bertz CT molecular complexity index is 607. The first-order valence-electron chi connectivity index (χ1n) is 8.32. The van der Waals surface area contributed by atoms with Gasteiger partial charge in [0.15, 0.2) is 0 Å². The number of urea groups is 1. The quantitative estimate of drug-likeness (QED) is 0.854. The molecule has 0 aliphatic carbocycles. The fraction of sp³-hybridized carbons (Fsp3) is 0.562. The summed E-state index contributed by atoms with van der Waals surface area (Å²) >= 11 is 1.69. The maximum absolute atomic E-state index is 12.4. The van der Waals surface area contributed by atoms with Crippen molar-refractivity contribution >= 4 is 17.4 Å². The highest BCUT2D eigenvalue weighted by Crippen LogP contribution is 2.09. The van der Waals surface area contributed by atoms with Crippen LogP contribution in [0.15, 0.2) is 29.5 Å². The molecule has 3 rings (SSSR count). The van der Waals surface area contributed by atoms with Crippen molar-refractivity contribution in [1.29, 1.82) is 0 Å². The van der Waals surface area contributed by atoms with Crippen LogP contribution < -0.4 is 5.32 Å². The van der Waals surface area contributed by atoms with Gasteiger partial charge in [-0.2, -0.15) is 16.4 Å². The summed E-state index contributed by atoms with van der Waals surface area (Å²) in [6, 6.07) is 2.31. The zero-order valence-electron chi connectivity index (χ0n) is 14.0. The van der Waals surface area contributed by atoms with Gasteiger partial charge in [0.2, 0.25) is 0 Å². The SMILES string of the molecule is C[C@@H](Cc1ccsc1)NC(=O)N1CCN(CCn2cncn2)CC1. The number of hydrogen-bond acceptors (Lipinski definition) is 5. The minimum absolute atomic E-state index is 0.0497. The summed E-state index contributed by atoms with van der Waals surface area (Å²) in [4.78, 5) is 20.6. The van der Waals surface area contributed by atoms with E-state index < -0.39 is 0 Å². The van der Waals surface area contributed by atoms with E-state index >= 15 is 0 Å². The summed E-state index contributed by atoms with van der Waals surface area (Å²) in [5.74, 6) is 0. The van der Waals surface area contributed by atoms with Crippen molar-refractivity contribution in [1.82, 2.24) is 29.9 Å². The highest BCUT2D eigenvalue weighted by atomic mass is 32.1. The Balaban J connectivity index is 1.36. The lowest BCUT2D eigenvalue weighted by Gasteiger charge is -2.35. The number of hydrogen-bond donors (Lipinski definition) is 1. The van der Waals surface area contributed by atoms with Crippen LogP contribution in [-0.2, 0) is 13.0 Å². The zero-order chi connectivity index (χ0) is 16.8. The van der Waals surface area contributed by atoms with E-state index in [1.54, 1.807) is 24.0 Å². The van der Waals surface area contributed by atoms with E-state index in [4.69, 9.17) is 0 Å². The Morgan fingerprint density at radius 3 is 2.83 bits per heavy atom. The molecule has 24 heavy (non-hydrogen) atoms.